The van der Waals surface area contributed by atoms with Crippen LogP contribution in [-0.4, -0.2) is 15.8 Å². The molecular weight excluding hydrogens is 237 g/mol. The molecule has 0 bridgehead atoms. The number of hydrogen-bond acceptors (Lipinski definition) is 5. The van der Waals surface area contributed by atoms with Crippen molar-refractivity contribution in [1.82, 2.24) is 0 Å². The van der Waals surface area contributed by atoms with E-state index in [4.69, 9.17) is 0 Å². The summed E-state index contributed by atoms with van der Waals surface area (Å²) in [5.74, 6) is -1.91. The Morgan fingerprint density at radius 2 is 1.76 bits per heavy atom. The molecule has 0 aromatic heterocycles. The highest BCUT2D eigenvalue weighted by Gasteiger charge is 2.25. The lowest BCUT2D eigenvalue weighted by atomic mass is 10.2. The Kier molecular flexibility index (Phi) is 3.31. The predicted molar refractivity (Wildman–Crippen MR) is 54.0 cm³/mol. The first-order chi connectivity index (χ1) is 7.82. The first-order valence-electron chi connectivity index (χ1n) is 4.23. The van der Waals surface area contributed by atoms with Crippen LogP contribution in [0.5, 0.6) is 0 Å². The zero-order chi connectivity index (χ0) is 13.2. The third kappa shape index (κ3) is 2.71. The van der Waals surface area contributed by atoms with Crippen LogP contribution in [0.3, 0.4) is 0 Å². The molecule has 0 aliphatic heterocycles. The van der Waals surface area contributed by atoms with Crippen molar-refractivity contribution >= 4 is 23.0 Å². The molecule has 90 valence electrons. The van der Waals surface area contributed by atoms with Crippen molar-refractivity contribution < 1.29 is 19.0 Å². The second-order valence-electron chi connectivity index (χ2n) is 3.02. The van der Waals surface area contributed by atoms with Gasteiger partial charge in [-0.05, 0) is 0 Å². The van der Waals surface area contributed by atoms with Gasteiger partial charge >= 0.3 is 5.69 Å². The summed E-state index contributed by atoms with van der Waals surface area (Å²) in [6, 6.07) is 0.998. The lowest BCUT2D eigenvalue weighted by molar-refractivity contribution is -0.395. The Labute approximate surface area is 93.3 Å². The minimum absolute atomic E-state index is 0.425. The van der Waals surface area contributed by atoms with Crippen LogP contribution in [0, 0.1) is 26.0 Å². The van der Waals surface area contributed by atoms with Gasteiger partial charge in [0, 0.05) is 13.0 Å². The predicted octanol–water partition coefficient (Wildman–Crippen LogP) is 1.60. The molecule has 1 rings (SSSR count). The normalized spacial score (nSPS) is 9.76. The third-order valence-electron chi connectivity index (χ3n) is 1.77. The van der Waals surface area contributed by atoms with E-state index in [1.54, 1.807) is 0 Å². The fraction of sp³-hybridized carbons (Fsp3) is 0.125. The Hall–Kier alpha value is -2.58. The number of nitro groups is 2. The van der Waals surface area contributed by atoms with Gasteiger partial charge < -0.3 is 5.32 Å². The van der Waals surface area contributed by atoms with Crippen molar-refractivity contribution in [2.45, 2.75) is 6.92 Å². The van der Waals surface area contributed by atoms with Gasteiger partial charge in [0.1, 0.15) is 5.69 Å². The maximum absolute atomic E-state index is 13.2. The fourth-order valence-corrected chi connectivity index (χ4v) is 1.13. The highest BCUT2D eigenvalue weighted by Crippen LogP contribution is 2.31. The van der Waals surface area contributed by atoms with E-state index in [0.717, 1.165) is 6.92 Å². The summed E-state index contributed by atoms with van der Waals surface area (Å²) in [7, 11) is 0. The van der Waals surface area contributed by atoms with E-state index in [2.05, 4.69) is 0 Å². The Bertz CT molecular complexity index is 516. The third-order valence-corrected chi connectivity index (χ3v) is 1.77. The van der Waals surface area contributed by atoms with Crippen LogP contribution in [0.25, 0.3) is 0 Å². The van der Waals surface area contributed by atoms with Crippen molar-refractivity contribution in [3.8, 4) is 0 Å². The summed E-state index contributed by atoms with van der Waals surface area (Å²) in [4.78, 5) is 29.7. The van der Waals surface area contributed by atoms with Gasteiger partial charge in [-0.25, -0.2) is 0 Å². The molecule has 1 amide bonds. The number of nitrogens with one attached hydrogen (secondary N) is 1. The van der Waals surface area contributed by atoms with E-state index in [1.165, 1.54) is 0 Å². The number of nitro benzene ring substituents is 2. The number of nitrogens with zero attached hydrogens (tertiary/aromatic N) is 2. The Balaban J connectivity index is 3.40. The highest BCUT2D eigenvalue weighted by atomic mass is 19.1. The van der Waals surface area contributed by atoms with E-state index >= 15 is 0 Å². The van der Waals surface area contributed by atoms with E-state index < -0.39 is 38.6 Å². The zero-order valence-corrected chi connectivity index (χ0v) is 8.47. The van der Waals surface area contributed by atoms with Gasteiger partial charge in [0.05, 0.1) is 15.9 Å². The summed E-state index contributed by atoms with van der Waals surface area (Å²) in [5, 5.41) is 23.0. The Morgan fingerprint density at radius 1 is 1.24 bits per heavy atom. The maximum Gasteiger partial charge on any atom is 0.311 e. The SMILES string of the molecule is CC(=O)Nc1cc(F)c([N+](=O)[O-])cc1[N+](=O)[O-]. The molecule has 0 heterocycles. The van der Waals surface area contributed by atoms with E-state index in [-0.39, 0.29) is 0 Å². The van der Waals surface area contributed by atoms with Crippen LogP contribution in [-0.2, 0) is 4.79 Å². The van der Waals surface area contributed by atoms with E-state index in [9.17, 15) is 29.4 Å². The largest absolute Gasteiger partial charge is 0.321 e. The van der Waals surface area contributed by atoms with Gasteiger partial charge in [-0.15, -0.1) is 0 Å². The van der Waals surface area contributed by atoms with Gasteiger partial charge in [0.15, 0.2) is 0 Å². The first kappa shape index (κ1) is 12.5. The lowest BCUT2D eigenvalue weighted by Gasteiger charge is -2.03. The van der Waals surface area contributed by atoms with Crippen LogP contribution in [0.15, 0.2) is 12.1 Å². The molecule has 0 saturated heterocycles. The molecule has 1 aromatic rings. The molecule has 1 aromatic carbocycles. The van der Waals surface area contributed by atoms with Crippen LogP contribution >= 0.6 is 0 Å². The summed E-state index contributed by atoms with van der Waals surface area (Å²) in [6.07, 6.45) is 0. The molecular formula is C8H6FN3O5. The van der Waals surface area contributed by atoms with Gasteiger partial charge in [0.2, 0.25) is 11.7 Å². The summed E-state index contributed by atoms with van der Waals surface area (Å²) >= 11 is 0. The molecule has 0 unspecified atom stereocenters. The zero-order valence-electron chi connectivity index (χ0n) is 8.47. The minimum atomic E-state index is -1.26. The Morgan fingerprint density at radius 3 is 2.18 bits per heavy atom. The quantitative estimate of drug-likeness (QED) is 0.639. The molecule has 0 atom stereocenters. The molecule has 0 aliphatic rings. The number of anilines is 1. The molecule has 0 fully saturated rings. The maximum atomic E-state index is 13.2. The number of rotatable bonds is 3. The van der Waals surface area contributed by atoms with Gasteiger partial charge in [-0.2, -0.15) is 4.39 Å². The number of carbonyl (C=O) groups is 1. The number of halogens is 1. The van der Waals surface area contributed by atoms with E-state index in [1.807, 2.05) is 5.32 Å². The fourth-order valence-electron chi connectivity index (χ4n) is 1.13. The van der Waals surface area contributed by atoms with Crippen molar-refractivity contribution in [3.05, 3.63) is 38.2 Å². The standard InChI is InChI=1S/C8H6FN3O5/c1-4(13)10-6-2-5(9)7(11(14)15)3-8(6)12(16)17/h2-3H,1H3,(H,10,13). The minimum Gasteiger partial charge on any atom is -0.321 e. The lowest BCUT2D eigenvalue weighted by Crippen LogP contribution is -2.09. The highest BCUT2D eigenvalue weighted by molar-refractivity contribution is 5.91. The summed E-state index contributed by atoms with van der Waals surface area (Å²) in [5.41, 5.74) is -2.19. The van der Waals surface area contributed by atoms with Gasteiger partial charge in [0.25, 0.3) is 5.69 Å². The molecule has 0 aliphatic carbocycles. The van der Waals surface area contributed by atoms with Crippen molar-refractivity contribution in [1.29, 1.82) is 0 Å². The molecule has 17 heavy (non-hydrogen) atoms. The van der Waals surface area contributed by atoms with Gasteiger partial charge in [-0.1, -0.05) is 0 Å². The second-order valence-corrected chi connectivity index (χ2v) is 3.02. The smallest absolute Gasteiger partial charge is 0.311 e. The van der Waals surface area contributed by atoms with Crippen molar-refractivity contribution in [3.63, 3.8) is 0 Å². The van der Waals surface area contributed by atoms with E-state index in [0.29, 0.717) is 12.1 Å². The number of benzene rings is 1. The number of hydrogen-bond donors (Lipinski definition) is 1. The average Bonchev–Trinajstić information content (AvgIpc) is 2.15. The van der Waals surface area contributed by atoms with Crippen LogP contribution in [0.2, 0.25) is 0 Å². The van der Waals surface area contributed by atoms with Gasteiger partial charge in [-0.3, -0.25) is 25.0 Å². The summed E-state index contributed by atoms with van der Waals surface area (Å²) in [6.45, 7) is 1.07. The average molecular weight is 243 g/mol. The van der Waals surface area contributed by atoms with Crippen molar-refractivity contribution in [2.75, 3.05) is 5.32 Å². The van der Waals surface area contributed by atoms with Crippen LogP contribution in [0.1, 0.15) is 6.92 Å². The van der Waals surface area contributed by atoms with Crippen molar-refractivity contribution in [2.24, 2.45) is 0 Å². The second kappa shape index (κ2) is 4.51. The molecule has 1 N–H and O–H groups in total. The summed E-state index contributed by atoms with van der Waals surface area (Å²) < 4.78 is 13.2. The molecule has 0 saturated carbocycles. The number of carbonyl (C=O) groups excluding carboxylic acids is 1. The molecule has 9 heteroatoms. The molecule has 0 spiro atoms. The molecule has 0 radical (unpaired) electrons. The monoisotopic (exact) mass is 243 g/mol. The molecule has 8 nitrogen and oxygen atoms in total. The first-order valence-corrected chi connectivity index (χ1v) is 4.23. The number of amides is 1. The van der Waals surface area contributed by atoms with Crippen LogP contribution in [0.4, 0.5) is 21.5 Å². The van der Waals surface area contributed by atoms with Crippen LogP contribution < -0.4 is 5.32 Å². The topological polar surface area (TPSA) is 115 Å².